The molecule has 3 heterocycles. The van der Waals surface area contributed by atoms with Gasteiger partial charge in [-0.1, -0.05) is 29.4 Å². The topological polar surface area (TPSA) is 69.0 Å². The smallest absolute Gasteiger partial charge is 0.234 e. The zero-order valence-corrected chi connectivity index (χ0v) is 18.3. The molecule has 1 fully saturated rings. The zero-order valence-electron chi connectivity index (χ0n) is 15.9. The Labute approximate surface area is 182 Å². The molecule has 0 radical (unpaired) electrons. The van der Waals surface area contributed by atoms with Gasteiger partial charge in [0.25, 0.3) is 0 Å². The summed E-state index contributed by atoms with van der Waals surface area (Å²) >= 11 is 9.04. The number of thiophene rings is 1. The molecule has 1 unspecified atom stereocenters. The maximum absolute atomic E-state index is 12.4. The van der Waals surface area contributed by atoms with Crippen LogP contribution in [0.25, 0.3) is 11.4 Å². The minimum Gasteiger partial charge on any atom is -0.376 e. The van der Waals surface area contributed by atoms with Gasteiger partial charge in [-0.15, -0.1) is 21.5 Å². The van der Waals surface area contributed by atoms with Gasteiger partial charge < -0.3 is 10.1 Å². The highest BCUT2D eigenvalue weighted by atomic mass is 35.5. The number of aromatic nitrogens is 3. The van der Waals surface area contributed by atoms with E-state index < -0.39 is 0 Å². The summed E-state index contributed by atoms with van der Waals surface area (Å²) in [5.74, 6) is 0.943. The maximum Gasteiger partial charge on any atom is 0.234 e. The number of anilines is 1. The highest BCUT2D eigenvalue weighted by molar-refractivity contribution is 7.99. The Hall–Kier alpha value is -1.87. The average Bonchev–Trinajstić information content (AvgIpc) is 3.42. The van der Waals surface area contributed by atoms with Crippen LogP contribution >= 0.6 is 34.7 Å². The van der Waals surface area contributed by atoms with Crippen LogP contribution in [0, 0.1) is 6.92 Å². The van der Waals surface area contributed by atoms with Crippen LogP contribution in [-0.4, -0.2) is 39.1 Å². The maximum atomic E-state index is 12.4. The van der Waals surface area contributed by atoms with Crippen LogP contribution in [-0.2, 0) is 16.1 Å². The second-order valence-corrected chi connectivity index (χ2v) is 9.34. The Morgan fingerprint density at radius 1 is 1.41 bits per heavy atom. The Morgan fingerprint density at radius 2 is 2.31 bits per heavy atom. The molecular weight excluding hydrogens is 428 g/mol. The summed E-state index contributed by atoms with van der Waals surface area (Å²) in [6, 6.07) is 9.22. The number of nitrogens with zero attached hydrogens (tertiary/aromatic N) is 3. The van der Waals surface area contributed by atoms with E-state index in [0.717, 1.165) is 36.0 Å². The van der Waals surface area contributed by atoms with Gasteiger partial charge in [-0.2, -0.15) is 0 Å². The number of carbonyl (C=O) groups is 1. The first-order chi connectivity index (χ1) is 14.1. The summed E-state index contributed by atoms with van der Waals surface area (Å²) < 4.78 is 7.90. The van der Waals surface area contributed by atoms with Crippen molar-refractivity contribution in [2.45, 2.75) is 37.6 Å². The lowest BCUT2D eigenvalue weighted by atomic mass is 10.2. The fraction of sp³-hybridized carbons (Fsp3) is 0.350. The van der Waals surface area contributed by atoms with Gasteiger partial charge in [-0.25, -0.2) is 0 Å². The third kappa shape index (κ3) is 5.19. The number of thioether (sulfide) groups is 1. The minimum atomic E-state index is -0.114. The molecule has 0 spiro atoms. The summed E-state index contributed by atoms with van der Waals surface area (Å²) in [7, 11) is 0. The van der Waals surface area contributed by atoms with Crippen molar-refractivity contribution in [2.75, 3.05) is 17.7 Å². The first-order valence-corrected chi connectivity index (χ1v) is 11.6. The van der Waals surface area contributed by atoms with Gasteiger partial charge in [0.1, 0.15) is 0 Å². The molecule has 1 aliphatic rings. The van der Waals surface area contributed by atoms with Crippen LogP contribution < -0.4 is 5.32 Å². The van der Waals surface area contributed by atoms with E-state index >= 15 is 0 Å². The van der Waals surface area contributed by atoms with Gasteiger partial charge in [0.15, 0.2) is 11.0 Å². The molecular formula is C20H21ClN4O2S2. The van der Waals surface area contributed by atoms with Crippen molar-refractivity contribution in [3.05, 3.63) is 45.6 Å². The molecule has 0 saturated carbocycles. The lowest BCUT2D eigenvalue weighted by molar-refractivity contribution is -0.113. The second-order valence-electron chi connectivity index (χ2n) is 6.85. The fourth-order valence-corrected chi connectivity index (χ4v) is 4.84. The molecule has 9 heteroatoms. The molecule has 1 aliphatic heterocycles. The number of halogens is 1. The van der Waals surface area contributed by atoms with Crippen LogP contribution in [0.4, 0.5) is 5.69 Å². The number of hydrogen-bond acceptors (Lipinski definition) is 6. The van der Waals surface area contributed by atoms with E-state index in [1.54, 1.807) is 29.5 Å². The van der Waals surface area contributed by atoms with Gasteiger partial charge >= 0.3 is 0 Å². The number of ether oxygens (including phenoxy) is 1. The van der Waals surface area contributed by atoms with Crippen molar-refractivity contribution in [3.8, 4) is 11.4 Å². The van der Waals surface area contributed by atoms with Gasteiger partial charge in [-0.05, 0) is 44.0 Å². The summed E-state index contributed by atoms with van der Waals surface area (Å²) in [4.78, 5) is 13.6. The molecule has 1 saturated heterocycles. The molecule has 1 aromatic carbocycles. The van der Waals surface area contributed by atoms with Crippen molar-refractivity contribution in [3.63, 3.8) is 0 Å². The standard InChI is InChI=1S/C20H21ClN4O2S2/c1-13-8-14(11-28-13)19-23-24-20(25(19)10-17-6-3-7-27-17)29-12-18(26)22-16-5-2-4-15(21)9-16/h2,4-5,8-9,11,17H,3,6-7,10,12H2,1H3,(H,22,26). The van der Waals surface area contributed by atoms with E-state index in [2.05, 4.69) is 38.5 Å². The molecule has 1 N–H and O–H groups in total. The molecule has 1 amide bonds. The van der Waals surface area contributed by atoms with Gasteiger partial charge in [-0.3, -0.25) is 9.36 Å². The Morgan fingerprint density at radius 3 is 3.03 bits per heavy atom. The number of carbonyl (C=O) groups excluding carboxylic acids is 1. The van der Waals surface area contributed by atoms with Crippen molar-refractivity contribution in [2.24, 2.45) is 0 Å². The molecule has 152 valence electrons. The Balaban J connectivity index is 1.48. The SMILES string of the molecule is Cc1cc(-c2nnc(SCC(=O)Nc3cccc(Cl)c3)n2CC2CCCO2)cs1. The first kappa shape index (κ1) is 20.4. The highest BCUT2D eigenvalue weighted by Crippen LogP contribution is 2.29. The predicted octanol–water partition coefficient (Wildman–Crippen LogP) is 4.88. The number of amides is 1. The van der Waals surface area contributed by atoms with Crippen LogP contribution in [0.1, 0.15) is 17.7 Å². The molecule has 6 nitrogen and oxygen atoms in total. The summed E-state index contributed by atoms with van der Waals surface area (Å²) in [6.45, 7) is 3.56. The molecule has 2 aromatic heterocycles. The fourth-order valence-electron chi connectivity index (χ4n) is 3.22. The Kier molecular flexibility index (Phi) is 6.54. The van der Waals surface area contributed by atoms with Gasteiger partial charge in [0.05, 0.1) is 18.4 Å². The quantitative estimate of drug-likeness (QED) is 0.522. The van der Waals surface area contributed by atoms with Crippen LogP contribution in [0.3, 0.4) is 0 Å². The number of hydrogen-bond donors (Lipinski definition) is 1. The number of benzene rings is 1. The van der Waals surface area contributed by atoms with Crippen molar-refractivity contribution in [1.82, 2.24) is 14.8 Å². The Bertz CT molecular complexity index is 998. The lowest BCUT2D eigenvalue weighted by Crippen LogP contribution is -2.18. The molecule has 29 heavy (non-hydrogen) atoms. The minimum absolute atomic E-state index is 0.114. The van der Waals surface area contributed by atoms with E-state index in [-0.39, 0.29) is 17.8 Å². The molecule has 4 rings (SSSR count). The van der Waals surface area contributed by atoms with Crippen molar-refractivity contribution >= 4 is 46.3 Å². The monoisotopic (exact) mass is 448 g/mol. The third-order valence-electron chi connectivity index (χ3n) is 4.56. The molecule has 1 atom stereocenters. The third-order valence-corrected chi connectivity index (χ3v) is 6.62. The largest absolute Gasteiger partial charge is 0.376 e. The van der Waals surface area contributed by atoms with Crippen LogP contribution in [0.2, 0.25) is 5.02 Å². The van der Waals surface area contributed by atoms with Gasteiger partial charge in [0.2, 0.25) is 5.91 Å². The number of aryl methyl sites for hydroxylation is 1. The van der Waals surface area contributed by atoms with E-state index in [9.17, 15) is 4.79 Å². The predicted molar refractivity (Wildman–Crippen MR) is 118 cm³/mol. The zero-order chi connectivity index (χ0) is 20.2. The first-order valence-electron chi connectivity index (χ1n) is 9.37. The van der Waals surface area contributed by atoms with E-state index in [1.807, 2.05) is 6.07 Å². The summed E-state index contributed by atoms with van der Waals surface area (Å²) in [6.07, 6.45) is 2.26. The number of nitrogens with one attached hydrogen (secondary N) is 1. The van der Waals surface area contributed by atoms with Crippen molar-refractivity contribution < 1.29 is 9.53 Å². The van der Waals surface area contributed by atoms with Crippen LogP contribution in [0.15, 0.2) is 40.9 Å². The normalized spacial score (nSPS) is 16.3. The summed E-state index contributed by atoms with van der Waals surface area (Å²) in [5.41, 5.74) is 1.73. The van der Waals surface area contributed by atoms with Gasteiger partial charge in [0, 0.05) is 33.1 Å². The highest BCUT2D eigenvalue weighted by Gasteiger charge is 2.22. The van der Waals surface area contributed by atoms with E-state index in [1.165, 1.54) is 16.6 Å². The molecule has 0 bridgehead atoms. The average molecular weight is 449 g/mol. The number of rotatable bonds is 7. The molecule has 0 aliphatic carbocycles. The lowest BCUT2D eigenvalue weighted by Gasteiger charge is -2.14. The van der Waals surface area contributed by atoms with E-state index in [4.69, 9.17) is 16.3 Å². The van der Waals surface area contributed by atoms with Crippen molar-refractivity contribution in [1.29, 1.82) is 0 Å². The second kappa shape index (κ2) is 9.30. The van der Waals surface area contributed by atoms with E-state index in [0.29, 0.717) is 17.3 Å². The molecule has 3 aromatic rings. The summed E-state index contributed by atoms with van der Waals surface area (Å²) in [5, 5.41) is 15.0. The van der Waals surface area contributed by atoms with Crippen LogP contribution in [0.5, 0.6) is 0 Å².